The molecule has 0 bridgehead atoms. The van der Waals surface area contributed by atoms with Crippen molar-refractivity contribution < 1.29 is 4.74 Å². The molecule has 1 aliphatic carbocycles. The molecule has 0 radical (unpaired) electrons. The van der Waals surface area contributed by atoms with Crippen LogP contribution < -0.4 is 0 Å². The Labute approximate surface area is 76.0 Å². The second kappa shape index (κ2) is 2.86. The third-order valence-electron chi connectivity index (χ3n) is 2.76. The molecule has 0 aromatic carbocycles. The van der Waals surface area contributed by atoms with Gasteiger partial charge >= 0.3 is 0 Å². The van der Waals surface area contributed by atoms with Crippen LogP contribution in [0, 0.1) is 0 Å². The van der Waals surface area contributed by atoms with Crippen molar-refractivity contribution in [2.45, 2.75) is 42.3 Å². The van der Waals surface area contributed by atoms with Crippen molar-refractivity contribution in [3.63, 3.8) is 0 Å². The minimum atomic E-state index is 0.506. The molecular formula is C8H14OS2. The van der Waals surface area contributed by atoms with Crippen LogP contribution in [0.2, 0.25) is 0 Å². The average Bonchev–Trinajstić information content (AvgIpc) is 2.25. The van der Waals surface area contributed by atoms with Crippen molar-refractivity contribution >= 4 is 21.6 Å². The summed E-state index contributed by atoms with van der Waals surface area (Å²) in [5, 5.41) is 0.685. The van der Waals surface area contributed by atoms with Gasteiger partial charge in [0.25, 0.3) is 0 Å². The quantitative estimate of drug-likeness (QED) is 0.588. The van der Waals surface area contributed by atoms with Gasteiger partial charge in [-0.25, -0.2) is 0 Å². The van der Waals surface area contributed by atoms with Gasteiger partial charge in [-0.15, -0.1) is 0 Å². The highest BCUT2D eigenvalue weighted by molar-refractivity contribution is 8.78. The first-order valence-corrected chi connectivity index (χ1v) is 6.37. The lowest BCUT2D eigenvalue weighted by molar-refractivity contribution is 0.0443. The Kier molecular flexibility index (Phi) is 2.15. The number of hydrogen-bond acceptors (Lipinski definition) is 3. The zero-order valence-electron chi connectivity index (χ0n) is 7.00. The summed E-state index contributed by atoms with van der Waals surface area (Å²) >= 11 is 0. The zero-order valence-corrected chi connectivity index (χ0v) is 8.63. The van der Waals surface area contributed by atoms with Crippen molar-refractivity contribution in [2.24, 2.45) is 0 Å². The highest BCUT2D eigenvalue weighted by Crippen LogP contribution is 2.61. The van der Waals surface area contributed by atoms with Gasteiger partial charge in [-0.3, -0.25) is 0 Å². The SMILES string of the molecule is COC1C(C)SSC12CCC2. The third-order valence-corrected chi connectivity index (χ3v) is 6.58. The Balaban J connectivity index is 2.10. The van der Waals surface area contributed by atoms with E-state index in [-0.39, 0.29) is 0 Å². The Morgan fingerprint density at radius 1 is 1.45 bits per heavy atom. The van der Waals surface area contributed by atoms with E-state index in [1.165, 1.54) is 19.3 Å². The van der Waals surface area contributed by atoms with E-state index in [0.717, 1.165) is 0 Å². The van der Waals surface area contributed by atoms with Gasteiger partial charge in [0.15, 0.2) is 0 Å². The van der Waals surface area contributed by atoms with E-state index in [0.29, 0.717) is 16.1 Å². The zero-order chi connectivity index (χ0) is 7.90. The van der Waals surface area contributed by atoms with Crippen LogP contribution in [0.3, 0.4) is 0 Å². The van der Waals surface area contributed by atoms with Crippen LogP contribution in [0.25, 0.3) is 0 Å². The fourth-order valence-corrected chi connectivity index (χ4v) is 5.87. The molecule has 1 nitrogen and oxygen atoms in total. The predicted octanol–water partition coefficient (Wildman–Crippen LogP) is 2.71. The van der Waals surface area contributed by atoms with Crippen LogP contribution in [0.1, 0.15) is 26.2 Å². The van der Waals surface area contributed by atoms with E-state index < -0.39 is 0 Å². The normalized spacial score (nSPS) is 40.9. The number of methoxy groups -OCH3 is 1. The summed E-state index contributed by atoms with van der Waals surface area (Å²) in [6, 6.07) is 0. The van der Waals surface area contributed by atoms with Crippen molar-refractivity contribution in [2.75, 3.05) is 7.11 Å². The first-order chi connectivity index (χ1) is 5.28. The lowest BCUT2D eigenvalue weighted by Gasteiger charge is -2.41. The highest BCUT2D eigenvalue weighted by atomic mass is 33.1. The number of rotatable bonds is 1. The molecule has 2 atom stereocenters. The maximum atomic E-state index is 5.54. The van der Waals surface area contributed by atoms with Crippen molar-refractivity contribution in [1.82, 2.24) is 0 Å². The summed E-state index contributed by atoms with van der Waals surface area (Å²) in [6.45, 7) is 2.28. The van der Waals surface area contributed by atoms with Gasteiger partial charge in [-0.05, 0) is 19.8 Å². The Morgan fingerprint density at radius 3 is 2.55 bits per heavy atom. The smallest absolute Gasteiger partial charge is 0.0850 e. The molecular weight excluding hydrogens is 176 g/mol. The van der Waals surface area contributed by atoms with E-state index >= 15 is 0 Å². The summed E-state index contributed by atoms with van der Waals surface area (Å²) in [5.74, 6) is 0. The molecule has 0 aromatic rings. The van der Waals surface area contributed by atoms with E-state index in [9.17, 15) is 0 Å². The third kappa shape index (κ3) is 1.12. The van der Waals surface area contributed by atoms with Gasteiger partial charge in [0.1, 0.15) is 0 Å². The molecule has 11 heavy (non-hydrogen) atoms. The van der Waals surface area contributed by atoms with Crippen molar-refractivity contribution in [3.8, 4) is 0 Å². The largest absolute Gasteiger partial charge is 0.379 e. The fourth-order valence-electron chi connectivity index (χ4n) is 2.00. The molecule has 2 aliphatic rings. The van der Waals surface area contributed by atoms with Gasteiger partial charge in [0.2, 0.25) is 0 Å². The number of hydrogen-bond donors (Lipinski definition) is 0. The molecule has 64 valence electrons. The van der Waals surface area contributed by atoms with E-state index in [2.05, 4.69) is 17.7 Å². The highest BCUT2D eigenvalue weighted by Gasteiger charge is 2.52. The molecule has 2 rings (SSSR count). The lowest BCUT2D eigenvalue weighted by atomic mass is 9.79. The molecule has 1 heterocycles. The molecule has 0 N–H and O–H groups in total. The minimum absolute atomic E-state index is 0.506. The second-order valence-corrected chi connectivity index (χ2v) is 6.45. The number of ether oxygens (including phenoxy) is 1. The first-order valence-electron chi connectivity index (χ1n) is 4.16. The molecule has 1 saturated heterocycles. The summed E-state index contributed by atoms with van der Waals surface area (Å²) in [7, 11) is 5.92. The van der Waals surface area contributed by atoms with Crippen LogP contribution in [-0.4, -0.2) is 23.2 Å². The summed E-state index contributed by atoms with van der Waals surface area (Å²) < 4.78 is 6.05. The van der Waals surface area contributed by atoms with Gasteiger partial charge in [-0.2, -0.15) is 0 Å². The fraction of sp³-hybridized carbons (Fsp3) is 1.00. The summed E-state index contributed by atoms with van der Waals surface area (Å²) in [4.78, 5) is 0. The topological polar surface area (TPSA) is 9.23 Å². The molecule has 2 unspecified atom stereocenters. The predicted molar refractivity (Wildman–Crippen MR) is 52.0 cm³/mol. The summed E-state index contributed by atoms with van der Waals surface area (Å²) in [5.41, 5.74) is 0. The van der Waals surface area contributed by atoms with Crippen molar-refractivity contribution in [3.05, 3.63) is 0 Å². The van der Waals surface area contributed by atoms with Crippen molar-refractivity contribution in [1.29, 1.82) is 0 Å². The first kappa shape index (κ1) is 8.27. The standard InChI is InChI=1S/C8H14OS2/c1-6-7(9-2)8(11-10-6)4-3-5-8/h6-7H,3-5H2,1-2H3. The Morgan fingerprint density at radius 2 is 2.18 bits per heavy atom. The second-order valence-electron chi connectivity index (χ2n) is 3.46. The van der Waals surface area contributed by atoms with Crippen LogP contribution in [0.5, 0.6) is 0 Å². The van der Waals surface area contributed by atoms with E-state index in [1.807, 2.05) is 17.9 Å². The molecule has 1 saturated carbocycles. The maximum Gasteiger partial charge on any atom is 0.0850 e. The Hall–Kier alpha value is 0.660. The van der Waals surface area contributed by atoms with Crippen LogP contribution in [-0.2, 0) is 4.74 Å². The van der Waals surface area contributed by atoms with E-state index in [1.54, 1.807) is 0 Å². The van der Waals surface area contributed by atoms with Crippen LogP contribution in [0.4, 0.5) is 0 Å². The molecule has 0 aromatic heterocycles. The molecule has 1 spiro atoms. The minimum Gasteiger partial charge on any atom is -0.379 e. The van der Waals surface area contributed by atoms with Gasteiger partial charge in [0, 0.05) is 12.4 Å². The van der Waals surface area contributed by atoms with Crippen LogP contribution in [0.15, 0.2) is 0 Å². The summed E-state index contributed by atoms with van der Waals surface area (Å²) in [6.07, 6.45) is 4.65. The monoisotopic (exact) mass is 190 g/mol. The lowest BCUT2D eigenvalue weighted by Crippen LogP contribution is -2.46. The molecule has 0 amide bonds. The molecule has 2 fully saturated rings. The average molecular weight is 190 g/mol. The molecule has 1 aliphatic heterocycles. The Bertz CT molecular complexity index is 156. The molecule has 3 heteroatoms. The van der Waals surface area contributed by atoms with Gasteiger partial charge < -0.3 is 4.74 Å². The van der Waals surface area contributed by atoms with Crippen LogP contribution >= 0.6 is 21.6 Å². The van der Waals surface area contributed by atoms with E-state index in [4.69, 9.17) is 4.74 Å². The van der Waals surface area contributed by atoms with Gasteiger partial charge in [-0.1, -0.05) is 28.0 Å². The van der Waals surface area contributed by atoms with Gasteiger partial charge in [0.05, 0.1) is 10.9 Å². The maximum absolute atomic E-state index is 5.54.